The molecule has 0 amide bonds. The second-order valence-electron chi connectivity index (χ2n) is 5.84. The van der Waals surface area contributed by atoms with Gasteiger partial charge < -0.3 is 20.3 Å². The first-order chi connectivity index (χ1) is 10.9. The molecule has 24 heavy (non-hydrogen) atoms. The highest BCUT2D eigenvalue weighted by molar-refractivity contribution is 14.0. The van der Waals surface area contributed by atoms with Crippen LogP contribution in [0.4, 0.5) is 4.39 Å². The van der Waals surface area contributed by atoms with E-state index in [-0.39, 0.29) is 35.9 Å². The molecule has 0 heterocycles. The second-order valence-corrected chi connectivity index (χ2v) is 5.84. The van der Waals surface area contributed by atoms with Crippen molar-refractivity contribution in [2.45, 2.75) is 32.9 Å². The van der Waals surface area contributed by atoms with E-state index in [1.165, 1.54) is 12.1 Å². The van der Waals surface area contributed by atoms with Crippen molar-refractivity contribution in [3.05, 3.63) is 30.1 Å². The van der Waals surface area contributed by atoms with Crippen LogP contribution in [0.25, 0.3) is 0 Å². The van der Waals surface area contributed by atoms with Crippen LogP contribution in [0, 0.1) is 5.82 Å². The minimum absolute atomic E-state index is 0. The van der Waals surface area contributed by atoms with Gasteiger partial charge in [0.05, 0.1) is 6.54 Å². The van der Waals surface area contributed by atoms with Crippen LogP contribution in [0.15, 0.2) is 29.3 Å². The van der Waals surface area contributed by atoms with Crippen molar-refractivity contribution < 1.29 is 9.13 Å². The van der Waals surface area contributed by atoms with E-state index in [4.69, 9.17) is 4.74 Å². The zero-order valence-electron chi connectivity index (χ0n) is 15.2. The molecule has 0 aliphatic heterocycles. The molecule has 5 nitrogen and oxygen atoms in total. The van der Waals surface area contributed by atoms with Gasteiger partial charge in [0.25, 0.3) is 0 Å². The number of nitrogens with one attached hydrogen (secondary N) is 2. The summed E-state index contributed by atoms with van der Waals surface area (Å²) in [6.45, 7) is 8.59. The van der Waals surface area contributed by atoms with E-state index < -0.39 is 0 Å². The molecule has 1 aromatic rings. The van der Waals surface area contributed by atoms with Crippen LogP contribution in [-0.4, -0.2) is 56.7 Å². The molecule has 0 saturated heterocycles. The van der Waals surface area contributed by atoms with Crippen LogP contribution in [0.3, 0.4) is 0 Å². The van der Waals surface area contributed by atoms with Crippen LogP contribution < -0.4 is 15.4 Å². The van der Waals surface area contributed by atoms with Gasteiger partial charge in [-0.2, -0.15) is 0 Å². The third-order valence-electron chi connectivity index (χ3n) is 3.55. The number of guanidine groups is 1. The van der Waals surface area contributed by atoms with Gasteiger partial charge in [0.15, 0.2) is 5.96 Å². The molecule has 0 radical (unpaired) electrons. The van der Waals surface area contributed by atoms with E-state index >= 15 is 0 Å². The Hall–Kier alpha value is -1.09. The van der Waals surface area contributed by atoms with Gasteiger partial charge in [-0.3, -0.25) is 4.99 Å². The van der Waals surface area contributed by atoms with Crippen molar-refractivity contribution in [3.63, 3.8) is 0 Å². The number of benzene rings is 1. The summed E-state index contributed by atoms with van der Waals surface area (Å²) in [6.07, 6.45) is -0.103. The highest BCUT2D eigenvalue weighted by atomic mass is 127. The fraction of sp³-hybridized carbons (Fsp3) is 0.588. The predicted octanol–water partition coefficient (Wildman–Crippen LogP) is 2.72. The number of rotatable bonds is 8. The quantitative estimate of drug-likeness (QED) is 0.362. The van der Waals surface area contributed by atoms with E-state index in [0.717, 1.165) is 19.0 Å². The molecule has 1 rings (SSSR count). The molecule has 0 aliphatic rings. The highest BCUT2D eigenvalue weighted by Gasteiger charge is 2.07. The minimum Gasteiger partial charge on any atom is -0.489 e. The smallest absolute Gasteiger partial charge is 0.191 e. The van der Waals surface area contributed by atoms with Crippen molar-refractivity contribution in [2.75, 3.05) is 33.7 Å². The molecule has 2 N–H and O–H groups in total. The molecule has 0 spiro atoms. The molecule has 1 unspecified atom stereocenters. The average Bonchev–Trinajstić information content (AvgIpc) is 2.50. The van der Waals surface area contributed by atoms with E-state index in [2.05, 4.69) is 41.4 Å². The van der Waals surface area contributed by atoms with Crippen molar-refractivity contribution in [1.29, 1.82) is 0 Å². The number of likely N-dealkylation sites (N-methyl/N-ethyl adjacent to an activating group) is 1. The van der Waals surface area contributed by atoms with Crippen molar-refractivity contribution in [1.82, 2.24) is 15.5 Å². The standard InChI is InChI=1S/C17H29FN4O.HI/c1-13(2)22(5)10-9-20-17(19-4)21-12-14(3)23-16-8-6-7-15(18)11-16;/h6-8,11,13-14H,9-10,12H2,1-5H3,(H2,19,20,21);1H. The summed E-state index contributed by atoms with van der Waals surface area (Å²) < 4.78 is 18.8. The molecule has 0 aliphatic carbocycles. The highest BCUT2D eigenvalue weighted by Crippen LogP contribution is 2.13. The van der Waals surface area contributed by atoms with Crippen LogP contribution >= 0.6 is 24.0 Å². The molecule has 1 atom stereocenters. The molecule has 0 fully saturated rings. The van der Waals surface area contributed by atoms with E-state index in [1.54, 1.807) is 19.2 Å². The molecule has 7 heteroatoms. The molecule has 0 aromatic heterocycles. The Morgan fingerprint density at radius 3 is 2.58 bits per heavy atom. The fourth-order valence-electron chi connectivity index (χ4n) is 1.88. The zero-order chi connectivity index (χ0) is 17.2. The number of ether oxygens (including phenoxy) is 1. The van der Waals surface area contributed by atoms with Gasteiger partial charge in [-0.05, 0) is 40.0 Å². The van der Waals surface area contributed by atoms with Gasteiger partial charge in [-0.25, -0.2) is 4.39 Å². The first-order valence-electron chi connectivity index (χ1n) is 7.99. The van der Waals surface area contributed by atoms with Crippen molar-refractivity contribution in [2.24, 2.45) is 4.99 Å². The van der Waals surface area contributed by atoms with Crippen LogP contribution in [-0.2, 0) is 0 Å². The summed E-state index contributed by atoms with van der Waals surface area (Å²) in [4.78, 5) is 6.44. The number of halogens is 2. The Labute approximate surface area is 162 Å². The summed E-state index contributed by atoms with van der Waals surface area (Å²) in [6, 6.07) is 6.68. The van der Waals surface area contributed by atoms with Gasteiger partial charge in [0, 0.05) is 32.2 Å². The molecular formula is C17H30FIN4O. The molecule has 1 aromatic carbocycles. The normalized spacial score (nSPS) is 12.8. The Kier molecular flexibility index (Phi) is 11.7. The molecular weight excluding hydrogens is 422 g/mol. The van der Waals surface area contributed by atoms with Gasteiger partial charge in [-0.1, -0.05) is 6.07 Å². The van der Waals surface area contributed by atoms with Crippen molar-refractivity contribution >= 4 is 29.9 Å². The van der Waals surface area contributed by atoms with Crippen LogP contribution in [0.5, 0.6) is 5.75 Å². The fourth-order valence-corrected chi connectivity index (χ4v) is 1.88. The summed E-state index contributed by atoms with van der Waals surface area (Å²) in [5, 5.41) is 6.47. The van der Waals surface area contributed by atoms with Crippen molar-refractivity contribution in [3.8, 4) is 5.75 Å². The van der Waals surface area contributed by atoms with E-state index in [0.29, 0.717) is 18.3 Å². The summed E-state index contributed by atoms with van der Waals surface area (Å²) >= 11 is 0. The SMILES string of the molecule is CN=C(NCCN(C)C(C)C)NCC(C)Oc1cccc(F)c1.I. The zero-order valence-corrected chi connectivity index (χ0v) is 17.5. The lowest BCUT2D eigenvalue weighted by Crippen LogP contribution is -2.44. The maximum Gasteiger partial charge on any atom is 0.191 e. The summed E-state index contributed by atoms with van der Waals surface area (Å²) in [5.74, 6) is 0.965. The number of hydrogen-bond acceptors (Lipinski definition) is 3. The molecule has 0 saturated carbocycles. The van der Waals surface area contributed by atoms with Crippen LogP contribution in [0.2, 0.25) is 0 Å². The number of nitrogens with zero attached hydrogens (tertiary/aromatic N) is 2. The minimum atomic E-state index is -0.297. The lowest BCUT2D eigenvalue weighted by molar-refractivity contribution is 0.223. The van der Waals surface area contributed by atoms with Gasteiger partial charge in [0.1, 0.15) is 17.7 Å². The Balaban J connectivity index is 0.00000529. The molecule has 138 valence electrons. The summed E-state index contributed by atoms with van der Waals surface area (Å²) in [7, 11) is 3.83. The Morgan fingerprint density at radius 1 is 1.29 bits per heavy atom. The van der Waals surface area contributed by atoms with Gasteiger partial charge in [0.2, 0.25) is 0 Å². The Morgan fingerprint density at radius 2 is 2.00 bits per heavy atom. The maximum atomic E-state index is 13.1. The monoisotopic (exact) mass is 452 g/mol. The lowest BCUT2D eigenvalue weighted by atomic mass is 10.3. The number of aliphatic imine (C=N–C) groups is 1. The first-order valence-corrected chi connectivity index (χ1v) is 7.99. The largest absolute Gasteiger partial charge is 0.489 e. The van der Waals surface area contributed by atoms with Crippen LogP contribution in [0.1, 0.15) is 20.8 Å². The predicted molar refractivity (Wildman–Crippen MR) is 109 cm³/mol. The van der Waals surface area contributed by atoms with Gasteiger partial charge >= 0.3 is 0 Å². The second kappa shape index (κ2) is 12.3. The van der Waals surface area contributed by atoms with E-state index in [1.807, 2.05) is 6.92 Å². The maximum absolute atomic E-state index is 13.1. The molecule has 0 bridgehead atoms. The summed E-state index contributed by atoms with van der Waals surface area (Å²) in [5.41, 5.74) is 0. The number of hydrogen-bond donors (Lipinski definition) is 2. The topological polar surface area (TPSA) is 48.9 Å². The van der Waals surface area contributed by atoms with E-state index in [9.17, 15) is 4.39 Å². The first kappa shape index (κ1) is 22.9. The lowest BCUT2D eigenvalue weighted by Gasteiger charge is -2.22. The third-order valence-corrected chi connectivity index (χ3v) is 3.55. The Bertz CT molecular complexity index is 499. The third kappa shape index (κ3) is 9.27. The van der Waals surface area contributed by atoms with Gasteiger partial charge in [-0.15, -0.1) is 24.0 Å². The average molecular weight is 452 g/mol.